The molecule has 0 aliphatic heterocycles. The van der Waals surface area contributed by atoms with Crippen molar-refractivity contribution in [3.63, 3.8) is 0 Å². The van der Waals surface area contributed by atoms with E-state index in [0.717, 1.165) is 11.8 Å². The molecule has 1 amide bonds. The highest BCUT2D eigenvalue weighted by Crippen LogP contribution is 2.21. The van der Waals surface area contributed by atoms with Crippen LogP contribution in [0, 0.1) is 5.92 Å². The summed E-state index contributed by atoms with van der Waals surface area (Å²) in [7, 11) is 0. The summed E-state index contributed by atoms with van der Waals surface area (Å²) in [4.78, 5) is 12.1. The van der Waals surface area contributed by atoms with Crippen LogP contribution in [0.4, 0.5) is 0 Å². The molecule has 4 heteroatoms. The number of carbonyl (C=O) groups excluding carboxylic acids is 1. The molecule has 0 saturated carbocycles. The molecule has 4 nitrogen and oxygen atoms in total. The van der Waals surface area contributed by atoms with Gasteiger partial charge in [0.2, 0.25) is 0 Å². The van der Waals surface area contributed by atoms with E-state index in [0.29, 0.717) is 5.58 Å². The Hall–Kier alpha value is -1.81. The minimum Gasteiger partial charge on any atom is -0.451 e. The molecule has 0 bridgehead atoms. The van der Waals surface area contributed by atoms with E-state index >= 15 is 0 Å². The Morgan fingerprint density at radius 2 is 2.15 bits per heavy atom. The summed E-state index contributed by atoms with van der Waals surface area (Å²) in [6, 6.07) is 9.18. The molecule has 2 atom stereocenters. The van der Waals surface area contributed by atoms with Gasteiger partial charge in [0.25, 0.3) is 5.91 Å². The van der Waals surface area contributed by atoms with Crippen LogP contribution >= 0.6 is 0 Å². The Kier molecular flexibility index (Phi) is 4.14. The second-order valence-corrected chi connectivity index (χ2v) is 5.50. The Morgan fingerprint density at radius 1 is 1.45 bits per heavy atom. The summed E-state index contributed by atoms with van der Waals surface area (Å²) in [5, 5.41) is 13.9. The van der Waals surface area contributed by atoms with Gasteiger partial charge in [0.15, 0.2) is 5.76 Å². The van der Waals surface area contributed by atoms with E-state index < -0.39 is 5.60 Å². The molecule has 1 heterocycles. The quantitative estimate of drug-likeness (QED) is 0.881. The van der Waals surface area contributed by atoms with Crippen molar-refractivity contribution in [2.45, 2.75) is 32.8 Å². The van der Waals surface area contributed by atoms with Crippen molar-refractivity contribution in [2.24, 2.45) is 5.92 Å². The minimum absolute atomic E-state index is 0.110. The van der Waals surface area contributed by atoms with E-state index in [1.807, 2.05) is 38.1 Å². The van der Waals surface area contributed by atoms with Crippen molar-refractivity contribution in [3.8, 4) is 0 Å². The molecular formula is C16H21NO3. The first-order valence-electron chi connectivity index (χ1n) is 6.93. The van der Waals surface area contributed by atoms with Gasteiger partial charge in [0, 0.05) is 11.9 Å². The minimum atomic E-state index is -0.920. The highest BCUT2D eigenvalue weighted by molar-refractivity contribution is 5.96. The molecule has 20 heavy (non-hydrogen) atoms. The van der Waals surface area contributed by atoms with Gasteiger partial charge in [-0.2, -0.15) is 0 Å². The molecule has 0 radical (unpaired) electrons. The third-order valence-electron chi connectivity index (χ3n) is 3.93. The Balaban J connectivity index is 2.05. The number of rotatable bonds is 5. The number of amides is 1. The highest BCUT2D eigenvalue weighted by atomic mass is 16.3. The first-order chi connectivity index (χ1) is 9.44. The molecule has 1 aromatic carbocycles. The predicted octanol–water partition coefficient (Wildman–Crippen LogP) is 2.96. The van der Waals surface area contributed by atoms with Crippen LogP contribution in [0.25, 0.3) is 11.0 Å². The lowest BCUT2D eigenvalue weighted by molar-refractivity contribution is 0.00571. The zero-order valence-corrected chi connectivity index (χ0v) is 12.1. The van der Waals surface area contributed by atoms with Gasteiger partial charge in [-0.1, -0.05) is 38.5 Å². The number of aliphatic hydroxyl groups is 1. The monoisotopic (exact) mass is 275 g/mol. The summed E-state index contributed by atoms with van der Waals surface area (Å²) in [5.41, 5.74) is -0.234. The molecule has 0 aliphatic carbocycles. The standard InChI is InChI=1S/C16H21NO3/c1-4-11(2)16(3,19)10-17-15(18)14-9-12-7-5-6-8-13(12)20-14/h5-9,11,19H,4,10H2,1-3H3,(H,17,18). The fraction of sp³-hybridized carbons (Fsp3) is 0.438. The van der Waals surface area contributed by atoms with Crippen molar-refractivity contribution in [3.05, 3.63) is 36.1 Å². The molecule has 2 N–H and O–H groups in total. The summed E-state index contributed by atoms with van der Waals surface area (Å²) in [6.45, 7) is 5.92. The van der Waals surface area contributed by atoms with Crippen LogP contribution in [0.5, 0.6) is 0 Å². The van der Waals surface area contributed by atoms with E-state index in [1.54, 1.807) is 13.0 Å². The lowest BCUT2D eigenvalue weighted by atomic mass is 9.88. The predicted molar refractivity (Wildman–Crippen MR) is 78.6 cm³/mol. The molecule has 2 unspecified atom stereocenters. The fourth-order valence-electron chi connectivity index (χ4n) is 2.05. The zero-order chi connectivity index (χ0) is 14.8. The van der Waals surface area contributed by atoms with E-state index in [-0.39, 0.29) is 24.1 Å². The van der Waals surface area contributed by atoms with Crippen molar-refractivity contribution < 1.29 is 14.3 Å². The topological polar surface area (TPSA) is 62.5 Å². The molecule has 0 saturated heterocycles. The van der Waals surface area contributed by atoms with Crippen LogP contribution in [0.2, 0.25) is 0 Å². The van der Waals surface area contributed by atoms with Gasteiger partial charge in [-0.15, -0.1) is 0 Å². The number of hydrogen-bond donors (Lipinski definition) is 2. The van der Waals surface area contributed by atoms with Crippen molar-refractivity contribution in [2.75, 3.05) is 6.54 Å². The lowest BCUT2D eigenvalue weighted by Gasteiger charge is -2.29. The van der Waals surface area contributed by atoms with Gasteiger partial charge in [0.05, 0.1) is 5.60 Å². The van der Waals surface area contributed by atoms with Crippen LogP contribution in [0.3, 0.4) is 0 Å². The lowest BCUT2D eigenvalue weighted by Crippen LogP contribution is -2.45. The van der Waals surface area contributed by atoms with Crippen LogP contribution in [-0.4, -0.2) is 23.2 Å². The maximum atomic E-state index is 12.1. The van der Waals surface area contributed by atoms with Gasteiger partial charge in [-0.3, -0.25) is 4.79 Å². The molecule has 2 aromatic rings. The largest absolute Gasteiger partial charge is 0.451 e. The Morgan fingerprint density at radius 3 is 2.80 bits per heavy atom. The average Bonchev–Trinajstić information content (AvgIpc) is 2.87. The number of benzene rings is 1. The summed E-state index contributed by atoms with van der Waals surface area (Å²) in [6.07, 6.45) is 0.855. The second kappa shape index (κ2) is 5.67. The van der Waals surface area contributed by atoms with Gasteiger partial charge in [0.1, 0.15) is 5.58 Å². The third-order valence-corrected chi connectivity index (χ3v) is 3.93. The summed E-state index contributed by atoms with van der Waals surface area (Å²) in [5.74, 6) is 0.0782. The smallest absolute Gasteiger partial charge is 0.287 e. The van der Waals surface area contributed by atoms with Gasteiger partial charge in [-0.05, 0) is 25.0 Å². The third kappa shape index (κ3) is 3.02. The first kappa shape index (κ1) is 14.6. The second-order valence-electron chi connectivity index (χ2n) is 5.50. The number of para-hydroxylation sites is 1. The summed E-state index contributed by atoms with van der Waals surface area (Å²) < 4.78 is 5.49. The number of nitrogens with one attached hydrogen (secondary N) is 1. The van der Waals surface area contributed by atoms with E-state index in [1.165, 1.54) is 0 Å². The van der Waals surface area contributed by atoms with Gasteiger partial charge < -0.3 is 14.8 Å². The molecule has 1 aromatic heterocycles. The van der Waals surface area contributed by atoms with Gasteiger partial charge >= 0.3 is 0 Å². The maximum absolute atomic E-state index is 12.1. The van der Waals surface area contributed by atoms with Crippen molar-refractivity contribution in [1.29, 1.82) is 0 Å². The molecule has 0 spiro atoms. The van der Waals surface area contributed by atoms with Crippen LogP contribution in [-0.2, 0) is 0 Å². The normalized spacial score (nSPS) is 15.8. The molecular weight excluding hydrogens is 254 g/mol. The molecule has 2 rings (SSSR count). The van der Waals surface area contributed by atoms with Crippen LogP contribution in [0.15, 0.2) is 34.7 Å². The Bertz CT molecular complexity index is 568. The van der Waals surface area contributed by atoms with E-state index in [2.05, 4.69) is 5.32 Å². The number of hydrogen-bond acceptors (Lipinski definition) is 3. The fourth-order valence-corrected chi connectivity index (χ4v) is 2.05. The zero-order valence-electron chi connectivity index (χ0n) is 12.1. The molecule has 0 aliphatic rings. The number of furan rings is 1. The van der Waals surface area contributed by atoms with E-state index in [4.69, 9.17) is 4.42 Å². The van der Waals surface area contributed by atoms with Crippen molar-refractivity contribution in [1.82, 2.24) is 5.32 Å². The SMILES string of the molecule is CCC(C)C(C)(O)CNC(=O)c1cc2ccccc2o1. The maximum Gasteiger partial charge on any atom is 0.287 e. The van der Waals surface area contributed by atoms with Gasteiger partial charge in [-0.25, -0.2) is 0 Å². The average molecular weight is 275 g/mol. The molecule has 108 valence electrons. The summed E-state index contributed by atoms with van der Waals surface area (Å²) >= 11 is 0. The number of carbonyl (C=O) groups is 1. The van der Waals surface area contributed by atoms with Crippen LogP contribution in [0.1, 0.15) is 37.7 Å². The number of fused-ring (bicyclic) bond motifs is 1. The molecule has 0 fully saturated rings. The van der Waals surface area contributed by atoms with Crippen LogP contribution < -0.4 is 5.32 Å². The van der Waals surface area contributed by atoms with E-state index in [9.17, 15) is 9.90 Å². The highest BCUT2D eigenvalue weighted by Gasteiger charge is 2.28. The first-order valence-corrected chi connectivity index (χ1v) is 6.93. The van der Waals surface area contributed by atoms with Crippen molar-refractivity contribution >= 4 is 16.9 Å². The Labute approximate surface area is 118 Å².